The average Bonchev–Trinajstić information content (AvgIpc) is 3.55. The second-order valence-corrected chi connectivity index (χ2v) is 13.4. The Labute approximate surface area is 270 Å². The molecule has 0 radical (unpaired) electrons. The number of fused-ring (bicyclic) bond motifs is 1. The van der Waals surface area contributed by atoms with E-state index in [0.717, 1.165) is 25.7 Å². The zero-order valence-electron chi connectivity index (χ0n) is 28.1. The van der Waals surface area contributed by atoms with Crippen molar-refractivity contribution in [1.82, 2.24) is 0 Å². The molecule has 12 heteroatoms. The number of rotatable bonds is 10. The van der Waals surface area contributed by atoms with Gasteiger partial charge in [0.15, 0.2) is 23.4 Å². The molecule has 2 heterocycles. The van der Waals surface area contributed by atoms with Crippen LogP contribution in [-0.4, -0.2) is 82.8 Å². The highest BCUT2D eigenvalue weighted by Crippen LogP contribution is 2.65. The van der Waals surface area contributed by atoms with Crippen molar-refractivity contribution in [2.75, 3.05) is 0 Å². The number of esters is 5. The van der Waals surface area contributed by atoms with E-state index in [1.165, 1.54) is 26.8 Å². The highest BCUT2D eigenvalue weighted by molar-refractivity contribution is 5.89. The number of carbonyl (C=O) groups excluding carboxylic acids is 5. The molecule has 256 valence electrons. The van der Waals surface area contributed by atoms with E-state index in [4.69, 9.17) is 28.4 Å². The largest absolute Gasteiger partial charge is 0.461 e. The first-order chi connectivity index (χ1) is 21.5. The summed E-state index contributed by atoms with van der Waals surface area (Å²) in [6.45, 7) is 12.4. The average molecular weight is 649 g/mol. The van der Waals surface area contributed by atoms with E-state index in [1.54, 1.807) is 27.7 Å². The monoisotopic (exact) mass is 648 g/mol. The molecule has 1 spiro atoms. The second kappa shape index (κ2) is 13.5. The maximum Gasteiger partial charge on any atom is 0.342 e. The minimum absolute atomic E-state index is 0.105. The Kier molecular flexibility index (Phi) is 10.4. The van der Waals surface area contributed by atoms with Crippen molar-refractivity contribution < 1.29 is 57.5 Å². The molecular formula is C34H48O12. The van der Waals surface area contributed by atoms with E-state index in [1.807, 2.05) is 6.08 Å². The molecule has 0 saturated carbocycles. The lowest BCUT2D eigenvalue weighted by molar-refractivity contribution is -0.218. The van der Waals surface area contributed by atoms with Gasteiger partial charge in [-0.05, 0) is 38.8 Å². The molecule has 2 fully saturated rings. The minimum atomic E-state index is -1.67. The first-order valence-corrected chi connectivity index (χ1v) is 16.2. The van der Waals surface area contributed by atoms with Gasteiger partial charge in [-0.3, -0.25) is 19.2 Å². The molecule has 0 aromatic carbocycles. The van der Waals surface area contributed by atoms with E-state index in [0.29, 0.717) is 17.6 Å². The van der Waals surface area contributed by atoms with Gasteiger partial charge in [0.25, 0.3) is 0 Å². The fourth-order valence-electron chi connectivity index (χ4n) is 7.80. The van der Waals surface area contributed by atoms with Crippen molar-refractivity contribution >= 4 is 29.8 Å². The molecule has 4 aliphatic rings. The zero-order valence-corrected chi connectivity index (χ0v) is 28.1. The quantitative estimate of drug-likeness (QED) is 0.120. The van der Waals surface area contributed by atoms with Gasteiger partial charge in [0.2, 0.25) is 0 Å². The maximum atomic E-state index is 13.3. The molecule has 2 saturated heterocycles. The Bertz CT molecular complexity index is 1300. The SMILES string of the molecule is CCCCCCCC(=O)OC1C(C)=CC2OC(=O)C3(C)OC23C(OC(C)=O)C2C(C)=CCC(OC(C)=O)C2(C)C(OC(C)=O)C1O. The third kappa shape index (κ3) is 6.22. The van der Waals surface area contributed by atoms with Gasteiger partial charge in [-0.2, -0.15) is 0 Å². The van der Waals surface area contributed by atoms with E-state index in [-0.39, 0.29) is 12.8 Å². The summed E-state index contributed by atoms with van der Waals surface area (Å²) in [6, 6.07) is 0. The Balaban J connectivity index is 1.93. The Hall–Kier alpha value is -3.25. The number of carbonyl (C=O) groups is 5. The lowest BCUT2D eigenvalue weighted by Crippen LogP contribution is -2.65. The van der Waals surface area contributed by atoms with Crippen LogP contribution in [0, 0.1) is 11.3 Å². The van der Waals surface area contributed by atoms with Crippen LogP contribution >= 0.6 is 0 Å². The van der Waals surface area contributed by atoms with Crippen LogP contribution in [0.15, 0.2) is 23.3 Å². The van der Waals surface area contributed by atoms with Crippen molar-refractivity contribution in [3.05, 3.63) is 23.3 Å². The molecule has 0 bridgehead atoms. The molecule has 10 unspecified atom stereocenters. The number of aliphatic hydroxyl groups is 1. The van der Waals surface area contributed by atoms with Crippen LogP contribution < -0.4 is 0 Å². The van der Waals surface area contributed by atoms with Gasteiger partial charge in [-0.15, -0.1) is 0 Å². The maximum absolute atomic E-state index is 13.3. The van der Waals surface area contributed by atoms with Crippen molar-refractivity contribution in [1.29, 1.82) is 0 Å². The van der Waals surface area contributed by atoms with Gasteiger partial charge in [-0.25, -0.2) is 4.79 Å². The van der Waals surface area contributed by atoms with E-state index in [9.17, 15) is 29.1 Å². The van der Waals surface area contributed by atoms with Crippen LogP contribution in [0.2, 0.25) is 0 Å². The number of aliphatic hydroxyl groups excluding tert-OH is 1. The van der Waals surface area contributed by atoms with Gasteiger partial charge in [0.05, 0.1) is 5.41 Å². The van der Waals surface area contributed by atoms with Crippen LogP contribution in [0.25, 0.3) is 0 Å². The molecule has 2 aliphatic heterocycles. The molecule has 1 N–H and O–H groups in total. The predicted octanol–water partition coefficient (Wildman–Crippen LogP) is 3.80. The summed E-state index contributed by atoms with van der Waals surface area (Å²) >= 11 is 0. The summed E-state index contributed by atoms with van der Waals surface area (Å²) in [4.78, 5) is 64.4. The second-order valence-electron chi connectivity index (χ2n) is 13.4. The zero-order chi connectivity index (χ0) is 34.2. The Morgan fingerprint density at radius 1 is 0.891 bits per heavy atom. The summed E-state index contributed by atoms with van der Waals surface area (Å²) in [5, 5.41) is 12.2. The summed E-state index contributed by atoms with van der Waals surface area (Å²) in [5.41, 5.74) is -3.59. The summed E-state index contributed by atoms with van der Waals surface area (Å²) in [5.74, 6) is -4.22. The number of hydrogen-bond donors (Lipinski definition) is 1. The van der Waals surface area contributed by atoms with Crippen molar-refractivity contribution in [2.45, 2.75) is 148 Å². The normalized spacial score (nSPS) is 38.0. The first kappa shape index (κ1) is 35.6. The molecule has 2 aliphatic carbocycles. The van der Waals surface area contributed by atoms with E-state index < -0.39 is 89.0 Å². The topological polar surface area (TPSA) is 164 Å². The number of hydrogen-bond acceptors (Lipinski definition) is 12. The van der Waals surface area contributed by atoms with Gasteiger partial charge < -0.3 is 33.5 Å². The van der Waals surface area contributed by atoms with E-state index >= 15 is 0 Å². The fourth-order valence-corrected chi connectivity index (χ4v) is 7.80. The highest BCUT2D eigenvalue weighted by Gasteiger charge is 2.87. The minimum Gasteiger partial charge on any atom is -0.461 e. The molecule has 4 rings (SSSR count). The van der Waals surface area contributed by atoms with Crippen LogP contribution in [0.4, 0.5) is 0 Å². The third-order valence-corrected chi connectivity index (χ3v) is 10.1. The van der Waals surface area contributed by atoms with Crippen molar-refractivity contribution in [3.8, 4) is 0 Å². The van der Waals surface area contributed by atoms with Crippen LogP contribution in [0.1, 0.15) is 100 Å². The van der Waals surface area contributed by atoms with Crippen molar-refractivity contribution in [2.24, 2.45) is 11.3 Å². The molecule has 12 nitrogen and oxygen atoms in total. The number of unbranched alkanes of at least 4 members (excludes halogenated alkanes) is 4. The number of epoxide rings is 1. The Morgan fingerprint density at radius 2 is 1.50 bits per heavy atom. The van der Waals surface area contributed by atoms with Crippen LogP contribution in [0.5, 0.6) is 0 Å². The lowest BCUT2D eigenvalue weighted by atomic mass is 9.56. The van der Waals surface area contributed by atoms with Gasteiger partial charge >= 0.3 is 29.8 Å². The summed E-state index contributed by atoms with van der Waals surface area (Å²) < 4.78 is 35.8. The molecular weight excluding hydrogens is 600 g/mol. The van der Waals surface area contributed by atoms with Crippen LogP contribution in [0.3, 0.4) is 0 Å². The molecule has 0 aromatic rings. The summed E-state index contributed by atoms with van der Waals surface area (Å²) in [7, 11) is 0. The highest BCUT2D eigenvalue weighted by atomic mass is 16.7. The standard InChI is InChI=1S/C34H48O12/c1-9-10-11-12-13-14-25(38)45-28-19(3)17-24-34(33(8,46-34)31(40)44-24)29(42-21(5)36)26-18(2)15-16-23(41-20(4)35)32(26,7)30(27(28)39)43-22(6)37/h15,17,23-24,26-30,39H,9-14,16H2,1-8H3. The first-order valence-electron chi connectivity index (χ1n) is 16.2. The fraction of sp³-hybridized carbons (Fsp3) is 0.735. The molecule has 46 heavy (non-hydrogen) atoms. The Morgan fingerprint density at radius 3 is 2.09 bits per heavy atom. The van der Waals surface area contributed by atoms with Gasteiger partial charge in [0, 0.05) is 39.5 Å². The van der Waals surface area contributed by atoms with Gasteiger partial charge in [0.1, 0.15) is 24.4 Å². The van der Waals surface area contributed by atoms with E-state index in [2.05, 4.69) is 6.92 Å². The molecule has 10 atom stereocenters. The smallest absolute Gasteiger partial charge is 0.342 e. The van der Waals surface area contributed by atoms with Crippen LogP contribution in [-0.2, 0) is 52.4 Å². The number of ether oxygens (including phenoxy) is 6. The van der Waals surface area contributed by atoms with Gasteiger partial charge in [-0.1, -0.05) is 51.2 Å². The third-order valence-electron chi connectivity index (χ3n) is 10.1. The van der Waals surface area contributed by atoms with Crippen molar-refractivity contribution in [3.63, 3.8) is 0 Å². The molecule has 0 amide bonds. The predicted molar refractivity (Wildman–Crippen MR) is 162 cm³/mol. The molecule has 0 aromatic heterocycles. The summed E-state index contributed by atoms with van der Waals surface area (Å²) in [6.07, 6.45) is 0.347. The lowest BCUT2D eigenvalue weighted by Gasteiger charge is -2.54.